The van der Waals surface area contributed by atoms with Crippen LogP contribution in [0.3, 0.4) is 0 Å². The number of aliphatic carboxylic acids is 1. The summed E-state index contributed by atoms with van der Waals surface area (Å²) in [6.07, 6.45) is -3.16. The lowest BCUT2D eigenvalue weighted by molar-refractivity contribution is -0.154. The van der Waals surface area contributed by atoms with Crippen molar-refractivity contribution in [2.75, 3.05) is 36.1 Å². The number of nitrogens with zero attached hydrogens (tertiary/aromatic N) is 3. The number of likely N-dealkylation sites (N-methyl/N-ethyl adjacent to an activating group) is 1. The van der Waals surface area contributed by atoms with Crippen molar-refractivity contribution < 1.29 is 37.4 Å². The largest absolute Gasteiger partial charge is 0.480 e. The van der Waals surface area contributed by atoms with E-state index in [2.05, 4.69) is 41.5 Å². The molecule has 1 saturated carbocycles. The summed E-state index contributed by atoms with van der Waals surface area (Å²) < 4.78 is 43.3. The van der Waals surface area contributed by atoms with Crippen LogP contribution in [0, 0.1) is 0 Å². The molecule has 13 nitrogen and oxygen atoms in total. The van der Waals surface area contributed by atoms with E-state index in [1.54, 1.807) is 12.1 Å². The molecule has 0 saturated heterocycles. The highest BCUT2D eigenvalue weighted by Gasteiger charge is 2.45. The second-order valence-electron chi connectivity index (χ2n) is 9.41. The fourth-order valence-corrected chi connectivity index (χ4v) is 3.97. The van der Waals surface area contributed by atoms with Gasteiger partial charge in [0.1, 0.15) is 6.04 Å². The van der Waals surface area contributed by atoms with E-state index in [1.807, 2.05) is 12.1 Å². The molecule has 1 unspecified atom stereocenters. The van der Waals surface area contributed by atoms with Gasteiger partial charge in [0.2, 0.25) is 11.9 Å². The standard InChI is InChI=1S/C26H26ClF3N8O5/c1-31-19(39)20(40)32-12-18(21(41)42)33-16-6-8-17(9-7-16)34-22-35-23(37-24(36-22)43-13-26(28,29)30)38-25(10-11-25)14-2-4-15(27)5-3-14/h2-9,18,33H,10-13H2,1H3,(H,31,39)(H,32,40)(H,41,42)(H2,34,35,36,37,38). The lowest BCUT2D eigenvalue weighted by atomic mass is 10.1. The van der Waals surface area contributed by atoms with Gasteiger partial charge in [0.05, 0.1) is 5.54 Å². The normalized spacial score (nSPS) is 14.2. The van der Waals surface area contributed by atoms with Gasteiger partial charge in [-0.05, 0) is 54.8 Å². The number of anilines is 4. The van der Waals surface area contributed by atoms with Gasteiger partial charge < -0.3 is 36.4 Å². The van der Waals surface area contributed by atoms with Gasteiger partial charge in [-0.15, -0.1) is 0 Å². The number of carbonyl (C=O) groups is 3. The van der Waals surface area contributed by atoms with E-state index >= 15 is 0 Å². The van der Waals surface area contributed by atoms with Crippen molar-refractivity contribution in [1.29, 1.82) is 0 Å². The van der Waals surface area contributed by atoms with Gasteiger partial charge in [0.15, 0.2) is 6.61 Å². The minimum absolute atomic E-state index is 0.0106. The Labute approximate surface area is 247 Å². The van der Waals surface area contributed by atoms with Crippen LogP contribution in [0.1, 0.15) is 18.4 Å². The average Bonchev–Trinajstić information content (AvgIpc) is 3.74. The van der Waals surface area contributed by atoms with Crippen LogP contribution in [-0.2, 0) is 19.9 Å². The summed E-state index contributed by atoms with van der Waals surface area (Å²) in [5.41, 5.74) is 1.14. The molecule has 4 rings (SSSR count). The van der Waals surface area contributed by atoms with E-state index in [0.717, 1.165) is 18.4 Å². The van der Waals surface area contributed by atoms with Gasteiger partial charge in [-0.1, -0.05) is 23.7 Å². The quantitative estimate of drug-likeness (QED) is 0.163. The predicted molar refractivity (Wildman–Crippen MR) is 149 cm³/mol. The molecule has 0 aliphatic heterocycles. The topological polar surface area (TPSA) is 179 Å². The Hall–Kier alpha value is -4.86. The summed E-state index contributed by atoms with van der Waals surface area (Å²) in [6.45, 7) is -1.98. The van der Waals surface area contributed by atoms with Gasteiger partial charge >= 0.3 is 30.0 Å². The van der Waals surface area contributed by atoms with E-state index < -0.39 is 48.2 Å². The molecule has 228 valence electrons. The van der Waals surface area contributed by atoms with Crippen molar-refractivity contribution in [3.05, 3.63) is 59.1 Å². The molecule has 1 aliphatic carbocycles. The molecule has 2 amide bonds. The van der Waals surface area contributed by atoms with E-state index in [1.165, 1.54) is 31.3 Å². The molecule has 6 N–H and O–H groups in total. The summed E-state index contributed by atoms with van der Waals surface area (Å²) in [7, 11) is 1.26. The summed E-state index contributed by atoms with van der Waals surface area (Å²) in [6, 6.07) is 11.4. The fraction of sp³-hybridized carbons (Fsp3) is 0.308. The molecule has 1 fully saturated rings. The second kappa shape index (κ2) is 13.0. The maximum absolute atomic E-state index is 12.8. The number of rotatable bonds is 12. The van der Waals surface area contributed by atoms with Gasteiger partial charge in [0, 0.05) is 30.0 Å². The van der Waals surface area contributed by atoms with Crippen molar-refractivity contribution in [1.82, 2.24) is 25.6 Å². The highest BCUT2D eigenvalue weighted by atomic mass is 35.5. The Morgan fingerprint density at radius 2 is 1.60 bits per heavy atom. The lowest BCUT2D eigenvalue weighted by Crippen LogP contribution is -2.46. The van der Waals surface area contributed by atoms with Gasteiger partial charge in [-0.2, -0.15) is 28.1 Å². The van der Waals surface area contributed by atoms with Crippen LogP contribution in [0.25, 0.3) is 0 Å². The van der Waals surface area contributed by atoms with Gasteiger partial charge in [-0.3, -0.25) is 9.59 Å². The lowest BCUT2D eigenvalue weighted by Gasteiger charge is -2.19. The predicted octanol–water partition coefficient (Wildman–Crippen LogP) is 3.04. The number of carboxylic acids is 1. The summed E-state index contributed by atoms with van der Waals surface area (Å²) >= 11 is 5.99. The van der Waals surface area contributed by atoms with Crippen molar-refractivity contribution in [3.8, 4) is 6.01 Å². The van der Waals surface area contributed by atoms with E-state index in [9.17, 15) is 32.7 Å². The van der Waals surface area contributed by atoms with Crippen molar-refractivity contribution in [2.24, 2.45) is 0 Å². The second-order valence-corrected chi connectivity index (χ2v) is 9.85. The molecule has 0 radical (unpaired) electrons. The van der Waals surface area contributed by atoms with Crippen LogP contribution in [0.5, 0.6) is 6.01 Å². The molecule has 1 aliphatic rings. The van der Waals surface area contributed by atoms with Crippen LogP contribution in [0.15, 0.2) is 48.5 Å². The van der Waals surface area contributed by atoms with Crippen LogP contribution < -0.4 is 31.3 Å². The number of nitrogens with one attached hydrogen (secondary N) is 5. The Kier molecular flexibility index (Phi) is 9.38. The fourth-order valence-electron chi connectivity index (χ4n) is 3.84. The van der Waals surface area contributed by atoms with Gasteiger partial charge in [0.25, 0.3) is 0 Å². The third-order valence-electron chi connectivity index (χ3n) is 6.16. The zero-order chi connectivity index (χ0) is 31.2. The molecule has 43 heavy (non-hydrogen) atoms. The van der Waals surface area contributed by atoms with Gasteiger partial charge in [-0.25, -0.2) is 4.79 Å². The van der Waals surface area contributed by atoms with E-state index in [4.69, 9.17) is 16.3 Å². The Bertz CT molecular complexity index is 1470. The van der Waals surface area contributed by atoms with E-state index in [-0.39, 0.29) is 18.4 Å². The molecule has 0 spiro atoms. The zero-order valence-electron chi connectivity index (χ0n) is 22.5. The molecule has 3 aromatic rings. The number of halogens is 4. The first-order chi connectivity index (χ1) is 20.4. The minimum Gasteiger partial charge on any atom is -0.480 e. The third-order valence-corrected chi connectivity index (χ3v) is 6.41. The third kappa shape index (κ3) is 8.81. The Balaban J connectivity index is 1.48. The van der Waals surface area contributed by atoms with E-state index in [0.29, 0.717) is 16.4 Å². The molecule has 2 aromatic carbocycles. The number of amides is 2. The number of alkyl halides is 3. The first-order valence-electron chi connectivity index (χ1n) is 12.7. The van der Waals surface area contributed by atoms with Crippen LogP contribution in [-0.4, -0.2) is 70.3 Å². The number of ether oxygens (including phenoxy) is 1. The number of benzene rings is 2. The molecule has 0 bridgehead atoms. The smallest absolute Gasteiger partial charge is 0.422 e. The molecule has 1 heterocycles. The summed E-state index contributed by atoms with van der Waals surface area (Å²) in [5.74, 6) is -3.30. The number of carboxylic acid groups (broad SMARTS) is 1. The maximum Gasteiger partial charge on any atom is 0.422 e. The minimum atomic E-state index is -4.61. The summed E-state index contributed by atoms with van der Waals surface area (Å²) in [5, 5.41) is 23.1. The van der Waals surface area contributed by atoms with Crippen LogP contribution in [0.2, 0.25) is 5.02 Å². The van der Waals surface area contributed by atoms with Crippen LogP contribution in [0.4, 0.5) is 36.4 Å². The Morgan fingerprint density at radius 1 is 0.977 bits per heavy atom. The van der Waals surface area contributed by atoms with Crippen LogP contribution >= 0.6 is 11.6 Å². The first-order valence-corrected chi connectivity index (χ1v) is 13.1. The van der Waals surface area contributed by atoms with Crippen molar-refractivity contribution >= 4 is 52.7 Å². The highest BCUT2D eigenvalue weighted by molar-refractivity contribution is 6.35. The molecular weight excluding hydrogens is 597 g/mol. The number of aromatic nitrogens is 3. The molecular formula is C26H26ClF3N8O5. The average molecular weight is 623 g/mol. The SMILES string of the molecule is CNC(=O)C(=O)NCC(Nc1ccc(Nc2nc(NC3(c4ccc(Cl)cc4)CC3)nc(OCC(F)(F)F)n2)cc1)C(=O)O. The first kappa shape index (κ1) is 31.1. The highest BCUT2D eigenvalue weighted by Crippen LogP contribution is 2.48. The molecule has 1 atom stereocenters. The zero-order valence-corrected chi connectivity index (χ0v) is 23.2. The Morgan fingerprint density at radius 3 is 2.19 bits per heavy atom. The van der Waals surface area contributed by atoms with Crippen molar-refractivity contribution in [3.63, 3.8) is 0 Å². The maximum atomic E-state index is 12.8. The number of hydrogen-bond acceptors (Lipinski definition) is 10. The van der Waals surface area contributed by atoms with Crippen molar-refractivity contribution in [2.45, 2.75) is 30.6 Å². The number of carbonyl (C=O) groups excluding carboxylic acids is 2. The molecule has 17 heteroatoms. The monoisotopic (exact) mass is 622 g/mol. The summed E-state index contributed by atoms with van der Waals surface area (Å²) in [4.78, 5) is 46.8. The number of hydrogen-bond donors (Lipinski definition) is 6. The molecule has 1 aromatic heterocycles.